The fourth-order valence-corrected chi connectivity index (χ4v) is 1.59. The van der Waals surface area contributed by atoms with Gasteiger partial charge in [-0.3, -0.25) is 4.79 Å². The molecule has 2 rings (SSSR count). The molecule has 0 aliphatic rings. The van der Waals surface area contributed by atoms with Crippen LogP contribution in [0, 0.1) is 5.82 Å². The average Bonchev–Trinajstić information content (AvgIpc) is 2.38. The first kappa shape index (κ1) is 11.5. The van der Waals surface area contributed by atoms with E-state index in [4.69, 9.17) is 0 Å². The number of halogens is 1. The van der Waals surface area contributed by atoms with Crippen molar-refractivity contribution in [2.75, 3.05) is 0 Å². The third-order valence-electron chi connectivity index (χ3n) is 2.47. The largest absolute Gasteiger partial charge is 0.380 e. The van der Waals surface area contributed by atoms with Crippen molar-refractivity contribution in [3.8, 4) is 0 Å². The van der Waals surface area contributed by atoms with Crippen molar-refractivity contribution in [3.05, 3.63) is 71.5 Å². The van der Waals surface area contributed by atoms with Gasteiger partial charge < -0.3 is 5.11 Å². The molecule has 2 nitrogen and oxygen atoms in total. The molecule has 0 amide bonds. The molecule has 0 radical (unpaired) electrons. The van der Waals surface area contributed by atoms with Crippen molar-refractivity contribution in [1.29, 1.82) is 0 Å². The van der Waals surface area contributed by atoms with Gasteiger partial charge in [0.15, 0.2) is 5.78 Å². The van der Waals surface area contributed by atoms with E-state index in [0.29, 0.717) is 5.56 Å². The Kier molecular flexibility index (Phi) is 3.30. The van der Waals surface area contributed by atoms with Crippen LogP contribution in [0.25, 0.3) is 0 Å². The lowest BCUT2D eigenvalue weighted by atomic mass is 10.00. The zero-order valence-corrected chi connectivity index (χ0v) is 9.01. The summed E-state index contributed by atoms with van der Waals surface area (Å²) >= 11 is 0. The third kappa shape index (κ3) is 2.57. The van der Waals surface area contributed by atoms with E-state index in [1.807, 2.05) is 0 Å². The Morgan fingerprint density at radius 1 is 1.06 bits per heavy atom. The van der Waals surface area contributed by atoms with Gasteiger partial charge in [0, 0.05) is 5.56 Å². The first-order valence-corrected chi connectivity index (χ1v) is 5.21. The highest BCUT2D eigenvalue weighted by molar-refractivity contribution is 5.99. The van der Waals surface area contributed by atoms with E-state index in [2.05, 4.69) is 0 Å². The molecule has 0 aliphatic heterocycles. The van der Waals surface area contributed by atoms with Crippen molar-refractivity contribution in [2.45, 2.75) is 6.10 Å². The van der Waals surface area contributed by atoms with E-state index >= 15 is 0 Å². The monoisotopic (exact) mass is 230 g/mol. The zero-order chi connectivity index (χ0) is 12.3. The van der Waals surface area contributed by atoms with Gasteiger partial charge in [-0.15, -0.1) is 0 Å². The number of aliphatic hydroxyl groups is 1. The Morgan fingerprint density at radius 3 is 2.41 bits per heavy atom. The van der Waals surface area contributed by atoms with Crippen LogP contribution < -0.4 is 0 Å². The van der Waals surface area contributed by atoms with Crippen LogP contribution in [0.3, 0.4) is 0 Å². The second-order valence-electron chi connectivity index (χ2n) is 3.69. The summed E-state index contributed by atoms with van der Waals surface area (Å²) in [6.07, 6.45) is -1.33. The van der Waals surface area contributed by atoms with Crippen LogP contribution in [0.4, 0.5) is 4.39 Å². The fourth-order valence-electron chi connectivity index (χ4n) is 1.59. The van der Waals surface area contributed by atoms with Gasteiger partial charge in [0.2, 0.25) is 0 Å². The van der Waals surface area contributed by atoms with Crippen LogP contribution >= 0.6 is 0 Å². The van der Waals surface area contributed by atoms with Crippen LogP contribution in [-0.4, -0.2) is 10.9 Å². The molecule has 2 aromatic rings. The number of benzene rings is 2. The van der Waals surface area contributed by atoms with Crippen LogP contribution in [0.5, 0.6) is 0 Å². The maximum absolute atomic E-state index is 13.0. The standard InChI is InChI=1S/C14H11FO2/c15-12-8-4-7-11(9-12)14(17)13(16)10-5-2-1-3-6-10/h1-9,14,17H. The highest BCUT2D eigenvalue weighted by Gasteiger charge is 2.18. The predicted molar refractivity (Wildman–Crippen MR) is 62.1 cm³/mol. The maximum atomic E-state index is 13.0. The van der Waals surface area contributed by atoms with E-state index in [0.717, 1.165) is 6.07 Å². The van der Waals surface area contributed by atoms with Gasteiger partial charge >= 0.3 is 0 Å². The van der Waals surface area contributed by atoms with Crippen molar-refractivity contribution in [2.24, 2.45) is 0 Å². The second kappa shape index (κ2) is 4.89. The van der Waals surface area contributed by atoms with E-state index < -0.39 is 17.7 Å². The molecule has 0 fully saturated rings. The fraction of sp³-hybridized carbons (Fsp3) is 0.0714. The molecule has 3 heteroatoms. The molecule has 0 aromatic heterocycles. The van der Waals surface area contributed by atoms with Crippen LogP contribution in [0.1, 0.15) is 22.0 Å². The van der Waals surface area contributed by atoms with Gasteiger partial charge in [-0.2, -0.15) is 0 Å². The number of rotatable bonds is 3. The third-order valence-corrected chi connectivity index (χ3v) is 2.47. The van der Waals surface area contributed by atoms with Crippen molar-refractivity contribution < 1.29 is 14.3 Å². The topological polar surface area (TPSA) is 37.3 Å². The summed E-state index contributed by atoms with van der Waals surface area (Å²) in [4.78, 5) is 11.9. The normalized spacial score (nSPS) is 12.1. The number of aliphatic hydroxyl groups excluding tert-OH is 1. The van der Waals surface area contributed by atoms with Crippen LogP contribution in [0.2, 0.25) is 0 Å². The number of carbonyl (C=O) groups excluding carboxylic acids is 1. The first-order valence-electron chi connectivity index (χ1n) is 5.21. The predicted octanol–water partition coefficient (Wildman–Crippen LogP) is 2.74. The molecule has 0 heterocycles. The van der Waals surface area contributed by atoms with Gasteiger partial charge in [0.25, 0.3) is 0 Å². The molecule has 0 saturated carbocycles. The molecule has 1 unspecified atom stereocenters. The second-order valence-corrected chi connectivity index (χ2v) is 3.69. The lowest BCUT2D eigenvalue weighted by molar-refractivity contribution is 0.0747. The molecule has 1 N–H and O–H groups in total. The highest BCUT2D eigenvalue weighted by atomic mass is 19.1. The van der Waals surface area contributed by atoms with Gasteiger partial charge in [0.05, 0.1) is 0 Å². The van der Waals surface area contributed by atoms with Crippen molar-refractivity contribution >= 4 is 5.78 Å². The minimum atomic E-state index is -1.33. The number of hydrogen-bond acceptors (Lipinski definition) is 2. The Morgan fingerprint density at radius 2 is 1.76 bits per heavy atom. The van der Waals surface area contributed by atoms with E-state index in [-0.39, 0.29) is 5.56 Å². The Hall–Kier alpha value is -2.00. The quantitative estimate of drug-likeness (QED) is 0.823. The molecule has 0 saturated heterocycles. The zero-order valence-electron chi connectivity index (χ0n) is 9.01. The molecular formula is C14H11FO2. The SMILES string of the molecule is O=C(c1ccccc1)C(O)c1cccc(F)c1. The smallest absolute Gasteiger partial charge is 0.195 e. The first-order chi connectivity index (χ1) is 8.18. The minimum Gasteiger partial charge on any atom is -0.380 e. The number of carbonyl (C=O) groups is 1. The number of ketones is 1. The summed E-state index contributed by atoms with van der Waals surface area (Å²) < 4.78 is 13.0. The molecule has 0 bridgehead atoms. The average molecular weight is 230 g/mol. The summed E-state index contributed by atoms with van der Waals surface area (Å²) in [6, 6.07) is 13.9. The van der Waals surface area contributed by atoms with E-state index in [9.17, 15) is 14.3 Å². The summed E-state index contributed by atoms with van der Waals surface area (Å²) in [5.41, 5.74) is 0.670. The number of Topliss-reactive ketones (excluding diaryl/α,β-unsaturated/α-hetero) is 1. The van der Waals surface area contributed by atoms with E-state index in [1.54, 1.807) is 30.3 Å². The Labute approximate surface area is 98.3 Å². The van der Waals surface area contributed by atoms with Gasteiger partial charge in [0.1, 0.15) is 11.9 Å². The molecule has 0 aliphatic carbocycles. The molecule has 0 spiro atoms. The summed E-state index contributed by atoms with van der Waals surface area (Å²) in [5, 5.41) is 9.85. The van der Waals surface area contributed by atoms with Gasteiger partial charge in [-0.05, 0) is 17.7 Å². The summed E-state index contributed by atoms with van der Waals surface area (Å²) in [6.45, 7) is 0. The van der Waals surface area contributed by atoms with Crippen LogP contribution in [-0.2, 0) is 0 Å². The maximum Gasteiger partial charge on any atom is 0.195 e. The summed E-state index contributed by atoms with van der Waals surface area (Å²) in [7, 11) is 0. The highest BCUT2D eigenvalue weighted by Crippen LogP contribution is 2.18. The van der Waals surface area contributed by atoms with Gasteiger partial charge in [-0.25, -0.2) is 4.39 Å². The summed E-state index contributed by atoms with van der Waals surface area (Å²) in [5.74, 6) is -0.904. The number of hydrogen-bond donors (Lipinski definition) is 1. The lowest BCUT2D eigenvalue weighted by Crippen LogP contribution is -2.12. The molecule has 86 valence electrons. The van der Waals surface area contributed by atoms with Crippen molar-refractivity contribution in [1.82, 2.24) is 0 Å². The minimum absolute atomic E-state index is 0.263. The molecule has 17 heavy (non-hydrogen) atoms. The van der Waals surface area contributed by atoms with Gasteiger partial charge in [-0.1, -0.05) is 42.5 Å². The van der Waals surface area contributed by atoms with E-state index in [1.165, 1.54) is 18.2 Å². The Bertz CT molecular complexity index is 523. The molecular weight excluding hydrogens is 219 g/mol. The lowest BCUT2D eigenvalue weighted by Gasteiger charge is -2.09. The molecule has 2 aromatic carbocycles. The molecule has 1 atom stereocenters. The van der Waals surface area contributed by atoms with Crippen molar-refractivity contribution in [3.63, 3.8) is 0 Å². The van der Waals surface area contributed by atoms with Crippen LogP contribution in [0.15, 0.2) is 54.6 Å². The Balaban J connectivity index is 2.27.